The van der Waals surface area contributed by atoms with Crippen molar-refractivity contribution in [1.29, 1.82) is 0 Å². The van der Waals surface area contributed by atoms with Crippen molar-refractivity contribution in [2.75, 3.05) is 11.9 Å². The number of thiocarbonyl (C=S) groups is 1. The highest BCUT2D eigenvalue weighted by Crippen LogP contribution is 2.24. The van der Waals surface area contributed by atoms with Crippen LogP contribution < -0.4 is 10.6 Å². The Hall–Kier alpha value is -1.14. The maximum absolute atomic E-state index is 5.68. The van der Waals surface area contributed by atoms with Gasteiger partial charge in [0, 0.05) is 17.7 Å². The quantitative estimate of drug-likeness (QED) is 0.865. The zero-order valence-electron chi connectivity index (χ0n) is 9.64. The topological polar surface area (TPSA) is 46.6 Å². The number of aromatic nitrogens is 2. The van der Waals surface area contributed by atoms with Crippen LogP contribution in [-0.2, 0) is 6.42 Å². The Balaban J connectivity index is 2.72. The SMILES string of the molecule is CCc1nc2ccc(Br)cn2c1N(C)C(N)=S. The van der Waals surface area contributed by atoms with Crippen LogP contribution in [0.15, 0.2) is 22.8 Å². The standard InChI is InChI=1S/C11H13BrN4S/c1-3-8-10(15(2)11(13)17)16-6-7(12)4-5-9(16)14-8/h4-6H,3H2,1-2H3,(H2,13,17). The predicted molar refractivity (Wildman–Crippen MR) is 77.5 cm³/mol. The Kier molecular flexibility index (Phi) is 3.35. The van der Waals surface area contributed by atoms with Crippen molar-refractivity contribution in [2.45, 2.75) is 13.3 Å². The smallest absolute Gasteiger partial charge is 0.171 e. The largest absolute Gasteiger partial charge is 0.376 e. The number of aryl methyl sites for hydroxylation is 1. The Labute approximate surface area is 114 Å². The molecule has 17 heavy (non-hydrogen) atoms. The molecule has 0 unspecified atom stereocenters. The normalized spacial score (nSPS) is 10.8. The Morgan fingerprint density at radius 3 is 2.88 bits per heavy atom. The third-order valence-electron chi connectivity index (χ3n) is 2.61. The van der Waals surface area contributed by atoms with E-state index < -0.39 is 0 Å². The monoisotopic (exact) mass is 312 g/mol. The minimum atomic E-state index is 0.335. The molecule has 0 aromatic carbocycles. The lowest BCUT2D eigenvalue weighted by molar-refractivity contribution is 1.03. The summed E-state index contributed by atoms with van der Waals surface area (Å²) in [6, 6.07) is 3.92. The number of anilines is 1. The van der Waals surface area contributed by atoms with Gasteiger partial charge in [0.05, 0.1) is 5.69 Å². The van der Waals surface area contributed by atoms with Crippen LogP contribution in [0.5, 0.6) is 0 Å². The molecule has 2 rings (SSSR count). The lowest BCUT2D eigenvalue weighted by Crippen LogP contribution is -2.33. The molecule has 0 atom stereocenters. The molecular weight excluding hydrogens is 300 g/mol. The number of hydrogen-bond donors (Lipinski definition) is 1. The van der Waals surface area contributed by atoms with E-state index in [0.717, 1.165) is 28.1 Å². The molecule has 0 saturated heterocycles. The highest BCUT2D eigenvalue weighted by Gasteiger charge is 2.16. The molecule has 2 heterocycles. The second kappa shape index (κ2) is 4.62. The third kappa shape index (κ3) is 2.14. The van der Waals surface area contributed by atoms with E-state index in [-0.39, 0.29) is 0 Å². The maximum Gasteiger partial charge on any atom is 0.171 e. The molecule has 6 heteroatoms. The van der Waals surface area contributed by atoms with E-state index in [4.69, 9.17) is 18.0 Å². The fourth-order valence-electron chi connectivity index (χ4n) is 1.75. The van der Waals surface area contributed by atoms with Crippen LogP contribution in [0.4, 0.5) is 5.82 Å². The maximum atomic E-state index is 5.68. The van der Waals surface area contributed by atoms with E-state index in [2.05, 4.69) is 27.8 Å². The van der Waals surface area contributed by atoms with E-state index in [1.54, 1.807) is 4.90 Å². The third-order valence-corrected chi connectivity index (χ3v) is 3.35. The molecule has 0 amide bonds. The van der Waals surface area contributed by atoms with Crippen molar-refractivity contribution in [3.05, 3.63) is 28.5 Å². The van der Waals surface area contributed by atoms with Crippen molar-refractivity contribution < 1.29 is 0 Å². The summed E-state index contributed by atoms with van der Waals surface area (Å²) < 4.78 is 2.98. The van der Waals surface area contributed by atoms with E-state index in [0.29, 0.717) is 5.11 Å². The molecule has 90 valence electrons. The van der Waals surface area contributed by atoms with Crippen molar-refractivity contribution in [1.82, 2.24) is 9.38 Å². The summed E-state index contributed by atoms with van der Waals surface area (Å²) in [5.74, 6) is 0.927. The first kappa shape index (κ1) is 12.3. The van der Waals surface area contributed by atoms with Crippen LogP contribution in [-0.4, -0.2) is 21.5 Å². The molecule has 0 radical (unpaired) electrons. The molecular formula is C11H13BrN4S. The Morgan fingerprint density at radius 1 is 1.59 bits per heavy atom. The second-order valence-electron chi connectivity index (χ2n) is 3.71. The summed E-state index contributed by atoms with van der Waals surface area (Å²) in [6.45, 7) is 2.06. The van der Waals surface area contributed by atoms with Gasteiger partial charge in [-0.15, -0.1) is 0 Å². The number of nitrogens with two attached hydrogens (primary N) is 1. The summed E-state index contributed by atoms with van der Waals surface area (Å²) in [4.78, 5) is 6.34. The number of pyridine rings is 1. The van der Waals surface area contributed by atoms with Gasteiger partial charge in [0.15, 0.2) is 5.11 Å². The van der Waals surface area contributed by atoms with Gasteiger partial charge in [-0.1, -0.05) is 6.92 Å². The second-order valence-corrected chi connectivity index (χ2v) is 5.04. The number of hydrogen-bond acceptors (Lipinski definition) is 2. The van der Waals surface area contributed by atoms with Gasteiger partial charge in [0.1, 0.15) is 11.5 Å². The minimum Gasteiger partial charge on any atom is -0.376 e. The number of fused-ring (bicyclic) bond motifs is 1. The van der Waals surface area contributed by atoms with Gasteiger partial charge >= 0.3 is 0 Å². The van der Waals surface area contributed by atoms with Crippen LogP contribution >= 0.6 is 28.1 Å². The zero-order valence-corrected chi connectivity index (χ0v) is 12.0. The summed E-state index contributed by atoms with van der Waals surface area (Å²) in [6.07, 6.45) is 2.80. The summed E-state index contributed by atoms with van der Waals surface area (Å²) in [5.41, 5.74) is 7.56. The van der Waals surface area contributed by atoms with E-state index >= 15 is 0 Å². The summed E-state index contributed by atoms with van der Waals surface area (Å²) in [7, 11) is 1.85. The highest BCUT2D eigenvalue weighted by atomic mass is 79.9. The Morgan fingerprint density at radius 2 is 2.29 bits per heavy atom. The molecule has 0 aliphatic carbocycles. The van der Waals surface area contributed by atoms with E-state index in [1.807, 2.05) is 29.8 Å². The van der Waals surface area contributed by atoms with Crippen LogP contribution in [0.25, 0.3) is 5.65 Å². The van der Waals surface area contributed by atoms with Crippen molar-refractivity contribution in [2.24, 2.45) is 5.73 Å². The van der Waals surface area contributed by atoms with E-state index in [1.165, 1.54) is 0 Å². The fourth-order valence-corrected chi connectivity index (χ4v) is 2.18. The number of halogens is 1. The molecule has 2 aromatic heterocycles. The van der Waals surface area contributed by atoms with Crippen molar-refractivity contribution in [3.8, 4) is 0 Å². The van der Waals surface area contributed by atoms with Crippen molar-refractivity contribution in [3.63, 3.8) is 0 Å². The van der Waals surface area contributed by atoms with Gasteiger partial charge in [-0.25, -0.2) is 4.98 Å². The minimum absolute atomic E-state index is 0.335. The molecule has 2 aromatic rings. The van der Waals surface area contributed by atoms with Gasteiger partial charge in [0.25, 0.3) is 0 Å². The van der Waals surface area contributed by atoms with Gasteiger partial charge in [-0.3, -0.25) is 4.40 Å². The molecule has 4 nitrogen and oxygen atoms in total. The first-order chi connectivity index (χ1) is 8.04. The average molecular weight is 313 g/mol. The van der Waals surface area contributed by atoms with Crippen LogP contribution in [0, 0.1) is 0 Å². The molecule has 0 saturated carbocycles. The summed E-state index contributed by atoms with van der Waals surface area (Å²) >= 11 is 8.47. The number of nitrogens with zero attached hydrogens (tertiary/aromatic N) is 3. The van der Waals surface area contributed by atoms with Crippen LogP contribution in [0.1, 0.15) is 12.6 Å². The van der Waals surface area contributed by atoms with Gasteiger partial charge in [0.2, 0.25) is 0 Å². The van der Waals surface area contributed by atoms with Gasteiger partial charge in [-0.05, 0) is 46.7 Å². The number of rotatable bonds is 2. The molecule has 0 fully saturated rings. The Bertz CT molecular complexity index is 578. The fraction of sp³-hybridized carbons (Fsp3) is 0.273. The molecule has 0 aliphatic heterocycles. The van der Waals surface area contributed by atoms with Gasteiger partial charge in [-0.2, -0.15) is 0 Å². The molecule has 0 bridgehead atoms. The first-order valence-electron chi connectivity index (χ1n) is 5.24. The average Bonchev–Trinajstić information content (AvgIpc) is 2.65. The van der Waals surface area contributed by atoms with Crippen LogP contribution in [0.3, 0.4) is 0 Å². The molecule has 0 aliphatic rings. The lowest BCUT2D eigenvalue weighted by atomic mass is 10.3. The zero-order chi connectivity index (χ0) is 12.6. The number of imidazole rings is 1. The summed E-state index contributed by atoms with van der Waals surface area (Å²) in [5, 5.41) is 0.335. The lowest BCUT2D eigenvalue weighted by Gasteiger charge is -2.17. The predicted octanol–water partition coefficient (Wildman–Crippen LogP) is 2.34. The highest BCUT2D eigenvalue weighted by molar-refractivity contribution is 9.10. The first-order valence-corrected chi connectivity index (χ1v) is 6.44. The van der Waals surface area contributed by atoms with Gasteiger partial charge < -0.3 is 10.6 Å². The molecule has 0 spiro atoms. The van der Waals surface area contributed by atoms with Crippen molar-refractivity contribution >= 4 is 44.7 Å². The van der Waals surface area contributed by atoms with Crippen LogP contribution in [0.2, 0.25) is 0 Å². The van der Waals surface area contributed by atoms with E-state index in [9.17, 15) is 0 Å². The molecule has 2 N–H and O–H groups in total.